The molecule has 0 aliphatic rings. The van der Waals surface area contributed by atoms with Crippen molar-refractivity contribution in [2.24, 2.45) is 0 Å². The third-order valence-corrected chi connectivity index (χ3v) is 4.35. The Morgan fingerprint density at radius 3 is 2.50 bits per heavy atom. The van der Waals surface area contributed by atoms with Crippen LogP contribution in [0.25, 0.3) is 0 Å². The van der Waals surface area contributed by atoms with Gasteiger partial charge in [-0.2, -0.15) is 0 Å². The van der Waals surface area contributed by atoms with Crippen molar-refractivity contribution in [2.45, 2.75) is 20.8 Å². The largest absolute Gasteiger partial charge is 0.480 e. The van der Waals surface area contributed by atoms with Crippen LogP contribution in [0.15, 0.2) is 39.3 Å². The van der Waals surface area contributed by atoms with Gasteiger partial charge in [-0.25, -0.2) is 4.79 Å². The van der Waals surface area contributed by atoms with Gasteiger partial charge in [0.15, 0.2) is 6.61 Å². The third-order valence-electron chi connectivity index (χ3n) is 3.31. The Hall–Kier alpha value is -1.33. The van der Waals surface area contributed by atoms with Crippen molar-refractivity contribution in [3.05, 3.63) is 56.0 Å². The SMILES string of the molecule is Cc1cccc(OC(=O)COc2c(C)cc(Br)cc2Br)c1C. The molecule has 0 radical (unpaired) electrons. The molecule has 2 aromatic carbocycles. The first-order chi connectivity index (χ1) is 10.4. The molecule has 0 heterocycles. The molecule has 0 aliphatic heterocycles. The molecule has 0 saturated carbocycles. The van der Waals surface area contributed by atoms with Gasteiger partial charge in [0.1, 0.15) is 11.5 Å². The zero-order valence-corrected chi connectivity index (χ0v) is 15.7. The maximum Gasteiger partial charge on any atom is 0.349 e. The number of benzene rings is 2. The molecular formula is C17H16Br2O3. The van der Waals surface area contributed by atoms with Crippen LogP contribution in [-0.2, 0) is 4.79 Å². The Kier molecular flexibility index (Phi) is 5.64. The summed E-state index contributed by atoms with van der Waals surface area (Å²) in [5, 5.41) is 0. The fraction of sp³-hybridized carbons (Fsp3) is 0.235. The van der Waals surface area contributed by atoms with E-state index in [1.165, 1.54) is 0 Å². The van der Waals surface area contributed by atoms with E-state index < -0.39 is 5.97 Å². The second-order valence-electron chi connectivity index (χ2n) is 4.99. The number of hydrogen-bond donors (Lipinski definition) is 0. The van der Waals surface area contributed by atoms with E-state index >= 15 is 0 Å². The standard InChI is InChI=1S/C17H16Br2O3/c1-10-5-4-6-15(12(10)3)22-16(20)9-21-17-11(2)7-13(18)8-14(17)19/h4-8H,9H2,1-3H3. The minimum Gasteiger partial charge on any atom is -0.480 e. The van der Waals surface area contributed by atoms with Crippen LogP contribution in [0.1, 0.15) is 16.7 Å². The lowest BCUT2D eigenvalue weighted by Crippen LogP contribution is -2.18. The molecule has 22 heavy (non-hydrogen) atoms. The number of halogens is 2. The third kappa shape index (κ3) is 4.11. The summed E-state index contributed by atoms with van der Waals surface area (Å²) in [6.45, 7) is 5.68. The van der Waals surface area contributed by atoms with Crippen molar-refractivity contribution in [1.29, 1.82) is 0 Å². The van der Waals surface area contributed by atoms with Gasteiger partial charge in [-0.1, -0.05) is 28.1 Å². The van der Waals surface area contributed by atoms with E-state index in [9.17, 15) is 4.79 Å². The van der Waals surface area contributed by atoms with E-state index in [0.717, 1.165) is 25.6 Å². The molecule has 116 valence electrons. The maximum atomic E-state index is 12.0. The molecule has 0 unspecified atom stereocenters. The molecule has 2 rings (SSSR count). The van der Waals surface area contributed by atoms with E-state index in [4.69, 9.17) is 9.47 Å². The Labute approximate surface area is 146 Å². The van der Waals surface area contributed by atoms with Gasteiger partial charge in [0, 0.05) is 4.47 Å². The zero-order valence-electron chi connectivity index (χ0n) is 12.6. The first-order valence-corrected chi connectivity index (χ1v) is 8.32. The number of aryl methyl sites for hydroxylation is 2. The average Bonchev–Trinajstić information content (AvgIpc) is 2.42. The smallest absolute Gasteiger partial charge is 0.349 e. The molecule has 0 fully saturated rings. The molecule has 0 N–H and O–H groups in total. The van der Waals surface area contributed by atoms with Gasteiger partial charge >= 0.3 is 5.97 Å². The monoisotopic (exact) mass is 426 g/mol. The predicted molar refractivity (Wildman–Crippen MR) is 93.6 cm³/mol. The summed E-state index contributed by atoms with van der Waals surface area (Å²) in [5.74, 6) is 0.782. The number of carbonyl (C=O) groups is 1. The number of rotatable bonds is 4. The average molecular weight is 428 g/mol. The Bertz CT molecular complexity index is 688. The van der Waals surface area contributed by atoms with Gasteiger partial charge < -0.3 is 9.47 Å². The first kappa shape index (κ1) is 17.0. The van der Waals surface area contributed by atoms with Gasteiger partial charge in [-0.3, -0.25) is 0 Å². The molecule has 0 bridgehead atoms. The van der Waals surface area contributed by atoms with Gasteiger partial charge in [0.25, 0.3) is 0 Å². The topological polar surface area (TPSA) is 35.5 Å². The van der Waals surface area contributed by atoms with Gasteiger partial charge in [0.2, 0.25) is 0 Å². The van der Waals surface area contributed by atoms with Gasteiger partial charge in [-0.15, -0.1) is 0 Å². The van der Waals surface area contributed by atoms with Crippen molar-refractivity contribution in [2.75, 3.05) is 6.61 Å². The van der Waals surface area contributed by atoms with E-state index in [1.807, 2.05) is 45.0 Å². The minimum atomic E-state index is -0.428. The molecule has 5 heteroatoms. The molecule has 0 aliphatic carbocycles. The summed E-state index contributed by atoms with van der Waals surface area (Å²) >= 11 is 6.84. The second-order valence-corrected chi connectivity index (χ2v) is 6.76. The first-order valence-electron chi connectivity index (χ1n) is 6.74. The molecular weight excluding hydrogens is 412 g/mol. The molecule has 3 nitrogen and oxygen atoms in total. The van der Waals surface area contributed by atoms with Gasteiger partial charge in [-0.05, 0) is 71.6 Å². The quantitative estimate of drug-likeness (QED) is 0.501. The van der Waals surface area contributed by atoms with Crippen LogP contribution in [0.2, 0.25) is 0 Å². The summed E-state index contributed by atoms with van der Waals surface area (Å²) in [5.41, 5.74) is 2.97. The maximum absolute atomic E-state index is 12.0. The fourth-order valence-electron chi connectivity index (χ4n) is 1.99. The summed E-state index contributed by atoms with van der Waals surface area (Å²) in [6.07, 6.45) is 0. The fourth-order valence-corrected chi connectivity index (χ4v) is 3.54. The lowest BCUT2D eigenvalue weighted by atomic mass is 10.1. The highest BCUT2D eigenvalue weighted by atomic mass is 79.9. The van der Waals surface area contributed by atoms with Crippen LogP contribution in [0.3, 0.4) is 0 Å². The highest BCUT2D eigenvalue weighted by molar-refractivity contribution is 9.11. The van der Waals surface area contributed by atoms with E-state index in [1.54, 1.807) is 6.07 Å². The van der Waals surface area contributed by atoms with Crippen molar-refractivity contribution < 1.29 is 14.3 Å². The number of carbonyl (C=O) groups excluding carboxylic acids is 1. The summed E-state index contributed by atoms with van der Waals surface area (Å²) < 4.78 is 12.7. The summed E-state index contributed by atoms with van der Waals surface area (Å²) in [7, 11) is 0. The van der Waals surface area contributed by atoms with Crippen LogP contribution < -0.4 is 9.47 Å². The molecule has 0 aromatic heterocycles. The molecule has 0 atom stereocenters. The Morgan fingerprint density at radius 2 is 1.82 bits per heavy atom. The second kappa shape index (κ2) is 7.29. The summed E-state index contributed by atoms with van der Waals surface area (Å²) in [4.78, 5) is 12.0. The number of ether oxygens (including phenoxy) is 2. The Balaban J connectivity index is 2.03. The van der Waals surface area contributed by atoms with E-state index in [0.29, 0.717) is 11.5 Å². The molecule has 0 spiro atoms. The van der Waals surface area contributed by atoms with E-state index in [-0.39, 0.29) is 6.61 Å². The molecule has 0 amide bonds. The normalized spacial score (nSPS) is 10.4. The van der Waals surface area contributed by atoms with Crippen molar-refractivity contribution in [3.63, 3.8) is 0 Å². The number of esters is 1. The molecule has 2 aromatic rings. The Morgan fingerprint density at radius 1 is 1.09 bits per heavy atom. The van der Waals surface area contributed by atoms with Crippen LogP contribution in [0, 0.1) is 20.8 Å². The number of hydrogen-bond acceptors (Lipinski definition) is 3. The van der Waals surface area contributed by atoms with Crippen LogP contribution in [0.5, 0.6) is 11.5 Å². The minimum absolute atomic E-state index is 0.144. The van der Waals surface area contributed by atoms with Gasteiger partial charge in [0.05, 0.1) is 4.47 Å². The molecule has 0 saturated heterocycles. The highest BCUT2D eigenvalue weighted by Gasteiger charge is 2.12. The van der Waals surface area contributed by atoms with Crippen LogP contribution >= 0.6 is 31.9 Å². The van der Waals surface area contributed by atoms with E-state index in [2.05, 4.69) is 31.9 Å². The lowest BCUT2D eigenvalue weighted by molar-refractivity contribution is -0.136. The van der Waals surface area contributed by atoms with Crippen molar-refractivity contribution in [3.8, 4) is 11.5 Å². The van der Waals surface area contributed by atoms with Crippen molar-refractivity contribution >= 4 is 37.8 Å². The summed E-state index contributed by atoms with van der Waals surface area (Å²) in [6, 6.07) is 9.42. The van der Waals surface area contributed by atoms with Crippen molar-refractivity contribution in [1.82, 2.24) is 0 Å². The predicted octanol–water partition coefficient (Wildman–Crippen LogP) is 5.12. The zero-order chi connectivity index (χ0) is 16.3. The highest BCUT2D eigenvalue weighted by Crippen LogP contribution is 2.32. The van der Waals surface area contributed by atoms with Crippen LogP contribution in [-0.4, -0.2) is 12.6 Å². The van der Waals surface area contributed by atoms with Crippen LogP contribution in [0.4, 0.5) is 0 Å². The lowest BCUT2D eigenvalue weighted by Gasteiger charge is -2.12.